The van der Waals surface area contributed by atoms with Crippen LogP contribution in [0.3, 0.4) is 0 Å². The number of nitrogens with zero attached hydrogens (tertiary/aromatic N) is 4. The molecule has 1 saturated heterocycles. The van der Waals surface area contributed by atoms with Crippen molar-refractivity contribution in [1.82, 2.24) is 19.6 Å². The van der Waals surface area contributed by atoms with Crippen LogP contribution < -0.4 is 4.74 Å². The molecule has 0 radical (unpaired) electrons. The molecule has 1 aliphatic rings. The first-order chi connectivity index (χ1) is 26.2. The molecule has 0 aromatic heterocycles. The van der Waals surface area contributed by atoms with Gasteiger partial charge < -0.3 is 23.7 Å². The van der Waals surface area contributed by atoms with Crippen LogP contribution in [0.15, 0.2) is 24.3 Å². The summed E-state index contributed by atoms with van der Waals surface area (Å²) in [5, 5.41) is 0. The third-order valence-corrected chi connectivity index (χ3v) is 8.82. The zero-order valence-electron chi connectivity index (χ0n) is 36.6. The van der Waals surface area contributed by atoms with E-state index in [1.807, 2.05) is 96.1 Å². The molecule has 0 amide bonds. The summed E-state index contributed by atoms with van der Waals surface area (Å²) >= 11 is 0. The van der Waals surface area contributed by atoms with E-state index in [-0.39, 0.29) is 50.1 Å². The predicted octanol–water partition coefficient (Wildman–Crippen LogP) is 5.37. The number of rotatable bonds is 17. The van der Waals surface area contributed by atoms with Gasteiger partial charge in [0.1, 0.15) is 28.6 Å². The lowest BCUT2D eigenvalue weighted by Gasteiger charge is -2.36. The number of unbranched alkanes of at least 4 members (excludes halogenated alkanes) is 1. The molecule has 0 N–H and O–H groups in total. The van der Waals surface area contributed by atoms with Gasteiger partial charge in [0, 0.05) is 52.4 Å². The number of hydrogen-bond donors (Lipinski definition) is 0. The van der Waals surface area contributed by atoms with Crippen LogP contribution in [0.25, 0.3) is 0 Å². The van der Waals surface area contributed by atoms with E-state index >= 15 is 0 Å². The molecule has 0 bridgehead atoms. The fourth-order valence-electron chi connectivity index (χ4n) is 6.28. The molecular formula is C43H74N4O9. The summed E-state index contributed by atoms with van der Waals surface area (Å²) in [5.74, 6) is -0.475. The van der Waals surface area contributed by atoms with Gasteiger partial charge >= 0.3 is 23.9 Å². The Morgan fingerprint density at radius 2 is 1.02 bits per heavy atom. The van der Waals surface area contributed by atoms with Crippen LogP contribution in [-0.4, -0.2) is 152 Å². The Hall–Kier alpha value is -3.26. The van der Waals surface area contributed by atoms with Gasteiger partial charge in [0.05, 0.1) is 32.8 Å². The van der Waals surface area contributed by atoms with Crippen molar-refractivity contribution in [2.24, 2.45) is 0 Å². The summed E-state index contributed by atoms with van der Waals surface area (Å²) < 4.78 is 28.5. The summed E-state index contributed by atoms with van der Waals surface area (Å²) in [6.45, 7) is 25.3. The number of esters is 4. The van der Waals surface area contributed by atoms with Gasteiger partial charge in [0.15, 0.2) is 0 Å². The van der Waals surface area contributed by atoms with Gasteiger partial charge in [-0.2, -0.15) is 0 Å². The third kappa shape index (κ3) is 21.9. The van der Waals surface area contributed by atoms with Crippen molar-refractivity contribution in [3.63, 3.8) is 0 Å². The average Bonchev–Trinajstić information content (AvgIpc) is 3.05. The molecular weight excluding hydrogens is 716 g/mol. The van der Waals surface area contributed by atoms with E-state index in [9.17, 15) is 19.2 Å². The fraction of sp³-hybridized carbons (Fsp3) is 0.767. The Bertz CT molecular complexity index is 1290. The second-order valence-corrected chi connectivity index (χ2v) is 17.6. The Morgan fingerprint density at radius 1 is 0.607 bits per heavy atom. The van der Waals surface area contributed by atoms with Crippen LogP contribution in [0.5, 0.6) is 5.75 Å². The normalized spacial score (nSPS) is 16.9. The minimum atomic E-state index is -0.645. The average molecular weight is 791 g/mol. The Balaban J connectivity index is 2.39. The molecule has 56 heavy (non-hydrogen) atoms. The van der Waals surface area contributed by atoms with E-state index in [1.165, 1.54) is 0 Å². The van der Waals surface area contributed by atoms with E-state index < -0.39 is 22.8 Å². The Morgan fingerprint density at radius 3 is 1.39 bits per heavy atom. The second-order valence-electron chi connectivity index (χ2n) is 17.6. The van der Waals surface area contributed by atoms with E-state index in [2.05, 4.69) is 24.0 Å². The molecule has 13 nitrogen and oxygen atoms in total. The maximum atomic E-state index is 13.7. The van der Waals surface area contributed by atoms with Gasteiger partial charge in [-0.1, -0.05) is 25.5 Å². The predicted molar refractivity (Wildman–Crippen MR) is 219 cm³/mol. The van der Waals surface area contributed by atoms with Gasteiger partial charge in [0.2, 0.25) is 0 Å². The molecule has 0 aliphatic carbocycles. The van der Waals surface area contributed by atoms with Gasteiger partial charge in [-0.3, -0.25) is 38.8 Å². The van der Waals surface area contributed by atoms with E-state index in [0.717, 1.165) is 37.0 Å². The number of ether oxygens (including phenoxy) is 5. The largest absolute Gasteiger partial charge is 0.494 e. The summed E-state index contributed by atoms with van der Waals surface area (Å²) in [6, 6.07) is 7.61. The van der Waals surface area contributed by atoms with Crippen LogP contribution >= 0.6 is 0 Å². The van der Waals surface area contributed by atoms with Crippen LogP contribution in [0.2, 0.25) is 0 Å². The zero-order chi connectivity index (χ0) is 41.9. The lowest BCUT2D eigenvalue weighted by atomic mass is 10.0. The van der Waals surface area contributed by atoms with E-state index in [4.69, 9.17) is 23.7 Å². The minimum absolute atomic E-state index is 0.0540. The summed E-state index contributed by atoms with van der Waals surface area (Å²) in [4.78, 5) is 61.2. The van der Waals surface area contributed by atoms with Crippen molar-refractivity contribution in [1.29, 1.82) is 0 Å². The van der Waals surface area contributed by atoms with Gasteiger partial charge in [0.25, 0.3) is 0 Å². The topological polar surface area (TPSA) is 127 Å². The van der Waals surface area contributed by atoms with Crippen LogP contribution in [0.1, 0.15) is 107 Å². The standard InChI is InChI=1S/C43H74N4O9/c1-12-14-30-53-35-20-18-34(19-21-35)16-15-17-36(40(51)52-13-2)47-28-26-45(32-38(49)55-42(6,7)8)24-22-44(31-37(48)54-41(3,4)5)23-25-46(27-29-47)33-39(50)56-43(9,10)11/h18-21,36H,12-17,22-33H2,1-11H3/t36-/m0/s1. The molecule has 0 saturated carbocycles. The molecule has 2 rings (SSSR count). The van der Waals surface area contributed by atoms with Gasteiger partial charge in [-0.15, -0.1) is 0 Å². The molecule has 0 spiro atoms. The molecule has 0 unspecified atom stereocenters. The molecule has 320 valence electrons. The quantitative estimate of drug-likeness (QED) is 0.114. The lowest BCUT2D eigenvalue weighted by Crippen LogP contribution is -2.52. The fourth-order valence-corrected chi connectivity index (χ4v) is 6.28. The first-order valence-corrected chi connectivity index (χ1v) is 20.6. The Kier molecular flexibility index (Phi) is 20.8. The number of carbonyl (C=O) groups excluding carboxylic acids is 4. The summed E-state index contributed by atoms with van der Waals surface area (Å²) in [5.41, 5.74) is -0.769. The molecule has 1 aromatic rings. The monoisotopic (exact) mass is 791 g/mol. The van der Waals surface area contributed by atoms with Crippen molar-refractivity contribution in [3.8, 4) is 5.75 Å². The van der Waals surface area contributed by atoms with E-state index in [1.54, 1.807) is 0 Å². The molecule has 1 atom stereocenters. The number of aryl methyl sites for hydroxylation is 1. The maximum absolute atomic E-state index is 13.7. The SMILES string of the molecule is CCCCOc1ccc(CCC[C@@H](C(=O)OCC)N2CCN(CC(=O)OC(C)(C)C)CCN(CC(=O)OC(C)(C)C)CCN(CC(=O)OC(C)(C)C)CC2)cc1. The highest BCUT2D eigenvalue weighted by Crippen LogP contribution is 2.18. The molecule has 1 heterocycles. The number of carbonyl (C=O) groups is 4. The maximum Gasteiger partial charge on any atom is 0.323 e. The van der Waals surface area contributed by atoms with Crippen molar-refractivity contribution >= 4 is 23.9 Å². The summed E-state index contributed by atoms with van der Waals surface area (Å²) in [6.07, 6.45) is 4.18. The zero-order valence-corrected chi connectivity index (χ0v) is 36.6. The van der Waals surface area contributed by atoms with Crippen LogP contribution in [-0.2, 0) is 44.5 Å². The minimum Gasteiger partial charge on any atom is -0.494 e. The third-order valence-electron chi connectivity index (χ3n) is 8.82. The molecule has 1 aromatic carbocycles. The molecule has 1 fully saturated rings. The molecule has 1 aliphatic heterocycles. The highest BCUT2D eigenvalue weighted by molar-refractivity contribution is 5.76. The first-order valence-electron chi connectivity index (χ1n) is 20.6. The Labute approximate surface area is 337 Å². The lowest BCUT2D eigenvalue weighted by molar-refractivity contribution is -0.159. The van der Waals surface area contributed by atoms with Crippen molar-refractivity contribution in [2.45, 2.75) is 131 Å². The van der Waals surface area contributed by atoms with Crippen molar-refractivity contribution in [2.75, 3.05) is 85.2 Å². The smallest absolute Gasteiger partial charge is 0.323 e. The highest BCUT2D eigenvalue weighted by Gasteiger charge is 2.30. The second kappa shape index (κ2) is 23.8. The van der Waals surface area contributed by atoms with E-state index in [0.29, 0.717) is 65.4 Å². The number of hydrogen-bond acceptors (Lipinski definition) is 13. The number of benzene rings is 1. The highest BCUT2D eigenvalue weighted by atomic mass is 16.6. The molecule has 13 heteroatoms. The van der Waals surface area contributed by atoms with Crippen molar-refractivity contribution < 1.29 is 42.9 Å². The van der Waals surface area contributed by atoms with Gasteiger partial charge in [-0.05, 0) is 113 Å². The first kappa shape index (κ1) is 48.9. The summed E-state index contributed by atoms with van der Waals surface area (Å²) in [7, 11) is 0. The van der Waals surface area contributed by atoms with Crippen molar-refractivity contribution in [3.05, 3.63) is 29.8 Å². The van der Waals surface area contributed by atoms with Crippen LogP contribution in [0.4, 0.5) is 0 Å². The van der Waals surface area contributed by atoms with Gasteiger partial charge in [-0.25, -0.2) is 0 Å². The van der Waals surface area contributed by atoms with Crippen LogP contribution in [0, 0.1) is 0 Å².